The number of urea groups is 1. The highest BCUT2D eigenvalue weighted by atomic mass is 35.5. The van der Waals surface area contributed by atoms with Gasteiger partial charge in [-0.25, -0.2) is 24.3 Å². The Morgan fingerprint density at radius 1 is 0.879 bits per heavy atom. The number of aliphatic carboxylic acids is 1. The van der Waals surface area contributed by atoms with Crippen LogP contribution in [0.25, 0.3) is 5.69 Å². The summed E-state index contributed by atoms with van der Waals surface area (Å²) in [4.78, 5) is 60.5. The van der Waals surface area contributed by atoms with Crippen LogP contribution in [0, 0.1) is 0 Å². The van der Waals surface area contributed by atoms with E-state index in [-0.39, 0.29) is 5.91 Å². The van der Waals surface area contributed by atoms with Crippen LogP contribution in [0.1, 0.15) is 47.2 Å². The average Bonchev–Trinajstić information content (AvgIpc) is 3.96. The van der Waals surface area contributed by atoms with E-state index in [1.807, 2.05) is 47.4 Å². The second kappa shape index (κ2) is 16.3. The maximum atomic E-state index is 14.3. The molecule has 0 aliphatic carbocycles. The van der Waals surface area contributed by atoms with Gasteiger partial charge in [0, 0.05) is 44.7 Å². The van der Waals surface area contributed by atoms with Gasteiger partial charge in [0.2, 0.25) is 12.1 Å². The minimum absolute atomic E-state index is 0.180. The molecule has 0 unspecified atom stereocenters. The minimum Gasteiger partial charge on any atom is -0.496 e. The van der Waals surface area contributed by atoms with Crippen molar-refractivity contribution in [1.29, 1.82) is 0 Å². The number of likely N-dealkylation sites (tertiary alicyclic amines) is 2. The van der Waals surface area contributed by atoms with Crippen LogP contribution in [0.15, 0.2) is 73.1 Å². The first kappa shape index (κ1) is 39.7. The number of carboxylic acids is 1. The van der Waals surface area contributed by atoms with Crippen molar-refractivity contribution >= 4 is 47.0 Å². The summed E-state index contributed by atoms with van der Waals surface area (Å²) in [5.74, 6) is -1.32. The number of carbonyl (C=O) groups excluding carboxylic acids is 3. The summed E-state index contributed by atoms with van der Waals surface area (Å²) in [6, 6.07) is 19.7. The van der Waals surface area contributed by atoms with Gasteiger partial charge in [-0.3, -0.25) is 19.8 Å². The number of hydrazine groups is 1. The molecule has 2 bridgehead atoms. The van der Waals surface area contributed by atoms with E-state index in [1.54, 1.807) is 34.2 Å². The third-order valence-corrected chi connectivity index (χ3v) is 13.1. The third-order valence-electron chi connectivity index (χ3n) is 12.4. The second-order valence-corrected chi connectivity index (χ2v) is 16.2. The number of carboxylic acid groups (broad SMARTS) is 1. The molecule has 6 heterocycles. The Balaban J connectivity index is 0.997. The molecule has 5 fully saturated rings. The molecular formula is C40H44Cl2N10O6. The molecule has 0 saturated carbocycles. The first-order valence-corrected chi connectivity index (χ1v) is 20.1. The molecule has 18 heteroatoms. The van der Waals surface area contributed by atoms with Crippen molar-refractivity contribution in [3.8, 4) is 11.4 Å². The van der Waals surface area contributed by atoms with Crippen LogP contribution in [0.3, 0.4) is 0 Å². The normalized spacial score (nSPS) is 24.1. The highest BCUT2D eigenvalue weighted by Gasteiger charge is 2.49. The molecule has 2 N–H and O–H groups in total. The number of tetrazole rings is 1. The van der Waals surface area contributed by atoms with E-state index < -0.39 is 34.9 Å². The van der Waals surface area contributed by atoms with Crippen molar-refractivity contribution in [1.82, 2.24) is 50.2 Å². The van der Waals surface area contributed by atoms with Crippen LogP contribution >= 0.6 is 23.2 Å². The Morgan fingerprint density at radius 2 is 1.64 bits per heavy atom. The topological polar surface area (TPSA) is 170 Å². The van der Waals surface area contributed by atoms with Gasteiger partial charge in [0.25, 0.3) is 5.91 Å². The molecule has 0 spiro atoms. The Kier molecular flexibility index (Phi) is 11.1. The molecule has 1 aromatic heterocycles. The Labute approximate surface area is 345 Å². The summed E-state index contributed by atoms with van der Waals surface area (Å²) in [6.07, 6.45) is 2.55. The van der Waals surface area contributed by atoms with Crippen molar-refractivity contribution in [2.75, 3.05) is 66.0 Å². The standard InChI is InChI=1S/C40H44Cl2N10O6/c1-58-33-10-8-29(51-26-43-45-46-51)24-30(33)35(53)49-18-12-39(25-49,28-7-9-31(41)32(42)23-28)11-15-47-16-13-40(14-17-47,27-5-3-2-4-6-27)37(56)44-38(57)52-34(36(54)55)48-19-21-50(52)22-20-48/h2-10,23-24,26,34H,11-22,25H2,1H3,(H,54,55)(H,44,56,57)/t34-,39+/m0/s1. The number of aromatic nitrogens is 4. The van der Waals surface area contributed by atoms with E-state index in [2.05, 4.69) is 25.7 Å². The molecule has 0 radical (unpaired) electrons. The van der Waals surface area contributed by atoms with Crippen LogP contribution in [-0.4, -0.2) is 146 Å². The number of hydrogen-bond acceptors (Lipinski definition) is 11. The number of piperidine rings is 1. The molecule has 5 aliphatic heterocycles. The molecule has 3 aromatic carbocycles. The zero-order valence-corrected chi connectivity index (χ0v) is 33.5. The number of imide groups is 1. The van der Waals surface area contributed by atoms with Crippen molar-refractivity contribution in [3.63, 3.8) is 0 Å². The largest absolute Gasteiger partial charge is 0.496 e. The Morgan fingerprint density at radius 3 is 2.31 bits per heavy atom. The number of rotatable bonds is 10. The average molecular weight is 832 g/mol. The van der Waals surface area contributed by atoms with Crippen molar-refractivity contribution < 1.29 is 29.0 Å². The highest BCUT2D eigenvalue weighted by molar-refractivity contribution is 6.42. The van der Waals surface area contributed by atoms with E-state index in [1.165, 1.54) is 23.1 Å². The molecule has 16 nitrogen and oxygen atoms in total. The fourth-order valence-corrected chi connectivity index (χ4v) is 9.40. The third kappa shape index (κ3) is 7.39. The summed E-state index contributed by atoms with van der Waals surface area (Å²) in [6.45, 7) is 4.80. The molecule has 9 rings (SSSR count). The SMILES string of the molecule is COc1ccc(-n2cnnn2)cc1C(=O)N1CC[C@@](CCN2CCC(C(=O)NC(=O)N3[C@@H](C(=O)O)N4CCN3CC4)(c3ccccc3)CC2)(c2ccc(Cl)c(Cl)c2)C1. The second-order valence-electron chi connectivity index (χ2n) is 15.4. The first-order valence-electron chi connectivity index (χ1n) is 19.3. The smallest absolute Gasteiger partial charge is 0.343 e. The lowest BCUT2D eigenvalue weighted by Crippen LogP contribution is -2.74. The molecule has 58 heavy (non-hydrogen) atoms. The van der Waals surface area contributed by atoms with Gasteiger partial charge in [-0.15, -0.1) is 5.10 Å². The zero-order valence-electron chi connectivity index (χ0n) is 32.0. The van der Waals surface area contributed by atoms with Gasteiger partial charge in [-0.1, -0.05) is 59.6 Å². The van der Waals surface area contributed by atoms with E-state index in [0.29, 0.717) is 112 Å². The van der Waals surface area contributed by atoms with Gasteiger partial charge in [0.05, 0.1) is 33.8 Å². The predicted molar refractivity (Wildman–Crippen MR) is 213 cm³/mol. The number of nitrogens with zero attached hydrogens (tertiary/aromatic N) is 9. The lowest BCUT2D eigenvalue weighted by atomic mass is 9.71. The van der Waals surface area contributed by atoms with Gasteiger partial charge in [0.15, 0.2) is 0 Å². The van der Waals surface area contributed by atoms with Crippen LogP contribution in [-0.2, 0) is 20.4 Å². The van der Waals surface area contributed by atoms with Crippen LogP contribution < -0.4 is 10.1 Å². The van der Waals surface area contributed by atoms with Crippen LogP contribution in [0.5, 0.6) is 5.75 Å². The Hall–Kier alpha value is -5.13. The summed E-state index contributed by atoms with van der Waals surface area (Å²) in [5, 5.41) is 27.8. The van der Waals surface area contributed by atoms with Crippen LogP contribution in [0.4, 0.5) is 4.79 Å². The van der Waals surface area contributed by atoms with E-state index >= 15 is 0 Å². The van der Waals surface area contributed by atoms with E-state index in [4.69, 9.17) is 27.9 Å². The maximum Gasteiger partial charge on any atom is 0.343 e. The van der Waals surface area contributed by atoms with Gasteiger partial charge in [-0.2, -0.15) is 0 Å². The number of ether oxygens (including phenoxy) is 1. The van der Waals surface area contributed by atoms with Crippen LogP contribution in [0.2, 0.25) is 10.0 Å². The summed E-state index contributed by atoms with van der Waals surface area (Å²) in [7, 11) is 1.53. The summed E-state index contributed by atoms with van der Waals surface area (Å²) in [5.41, 5.74) is 1.34. The molecule has 304 valence electrons. The van der Waals surface area contributed by atoms with Gasteiger partial charge >= 0.3 is 12.0 Å². The molecule has 4 amide bonds. The number of nitrogens with one attached hydrogen (secondary N) is 1. The number of benzene rings is 3. The quantitative estimate of drug-likeness (QED) is 0.238. The van der Waals surface area contributed by atoms with Gasteiger partial charge in [-0.05, 0) is 97.2 Å². The zero-order chi connectivity index (χ0) is 40.6. The number of methoxy groups -OCH3 is 1. The number of fused-ring (bicyclic) bond motifs is 3. The predicted octanol–water partition coefficient (Wildman–Crippen LogP) is 3.68. The van der Waals surface area contributed by atoms with Crippen molar-refractivity contribution in [3.05, 3.63) is 99.8 Å². The molecule has 4 aromatic rings. The number of halogens is 2. The van der Waals surface area contributed by atoms with Gasteiger partial charge in [0.1, 0.15) is 12.1 Å². The lowest BCUT2D eigenvalue weighted by molar-refractivity contribution is -0.190. The molecular weight excluding hydrogens is 787 g/mol. The van der Waals surface area contributed by atoms with Gasteiger partial charge < -0.3 is 19.6 Å². The van der Waals surface area contributed by atoms with E-state index in [0.717, 1.165) is 11.1 Å². The first-order chi connectivity index (χ1) is 28.0. The molecule has 5 aliphatic rings. The molecule has 2 atom stereocenters. The molecule has 5 saturated heterocycles. The monoisotopic (exact) mass is 830 g/mol. The van der Waals surface area contributed by atoms with E-state index in [9.17, 15) is 24.3 Å². The van der Waals surface area contributed by atoms with Crippen molar-refractivity contribution in [2.24, 2.45) is 0 Å². The Bertz CT molecular complexity index is 2180. The fraction of sp³-hybridized carbons (Fsp3) is 0.425. The lowest BCUT2D eigenvalue weighted by Gasteiger charge is -2.52. The number of amides is 4. The maximum absolute atomic E-state index is 14.3. The number of carbonyl (C=O) groups is 4. The summed E-state index contributed by atoms with van der Waals surface area (Å²) < 4.78 is 7.09. The summed E-state index contributed by atoms with van der Waals surface area (Å²) >= 11 is 13.0. The number of hydrogen-bond donors (Lipinski definition) is 2. The highest BCUT2D eigenvalue weighted by Crippen LogP contribution is 2.42. The minimum atomic E-state index is -1.17. The van der Waals surface area contributed by atoms with Crippen molar-refractivity contribution in [2.45, 2.75) is 42.7 Å². The number of piperazine rings is 1. The fourth-order valence-electron chi connectivity index (χ4n) is 9.10.